The number of hydrogen-bond acceptors (Lipinski definition) is 3. The van der Waals surface area contributed by atoms with Crippen LogP contribution in [0.25, 0.3) is 0 Å². The second kappa shape index (κ2) is 6.39. The van der Waals surface area contributed by atoms with Gasteiger partial charge in [0.05, 0.1) is 12.1 Å². The average Bonchev–Trinajstić information content (AvgIpc) is 2.75. The first-order valence-corrected chi connectivity index (χ1v) is 7.15. The Morgan fingerprint density at radius 2 is 2.26 bits per heavy atom. The molecule has 0 spiro atoms. The SMILES string of the molecule is O=C(OCCN1CCCC1=O)c1ccc(Cl)cc1Br. The maximum atomic E-state index is 11.8. The maximum absolute atomic E-state index is 11.8. The van der Waals surface area contributed by atoms with Gasteiger partial charge in [-0.1, -0.05) is 11.6 Å². The van der Waals surface area contributed by atoms with Crippen molar-refractivity contribution in [2.24, 2.45) is 0 Å². The molecule has 0 aromatic heterocycles. The molecule has 1 aromatic rings. The molecule has 1 aliphatic rings. The van der Waals surface area contributed by atoms with Gasteiger partial charge in [-0.05, 0) is 40.5 Å². The van der Waals surface area contributed by atoms with Gasteiger partial charge in [0.2, 0.25) is 5.91 Å². The first-order chi connectivity index (χ1) is 9.08. The summed E-state index contributed by atoms with van der Waals surface area (Å²) in [6, 6.07) is 4.88. The Labute approximate surface area is 124 Å². The van der Waals surface area contributed by atoms with Gasteiger partial charge in [-0.25, -0.2) is 4.79 Å². The van der Waals surface area contributed by atoms with Gasteiger partial charge in [-0.2, -0.15) is 0 Å². The molecule has 0 saturated carbocycles. The zero-order valence-corrected chi connectivity index (χ0v) is 12.5. The van der Waals surface area contributed by atoms with E-state index in [9.17, 15) is 9.59 Å². The van der Waals surface area contributed by atoms with E-state index in [2.05, 4.69) is 15.9 Å². The maximum Gasteiger partial charge on any atom is 0.339 e. The standard InChI is InChI=1S/C13H13BrClNO3/c14-11-8-9(15)3-4-10(11)13(18)19-7-6-16-5-1-2-12(16)17/h3-4,8H,1-2,5-7H2. The molecule has 0 N–H and O–H groups in total. The second-order valence-corrected chi connectivity index (χ2v) is 5.54. The monoisotopic (exact) mass is 345 g/mol. The molecule has 0 atom stereocenters. The van der Waals surface area contributed by atoms with Gasteiger partial charge in [-0.3, -0.25) is 4.79 Å². The summed E-state index contributed by atoms with van der Waals surface area (Å²) in [5.41, 5.74) is 0.428. The Hall–Kier alpha value is -1.07. The predicted molar refractivity (Wildman–Crippen MR) is 75.2 cm³/mol. The van der Waals surface area contributed by atoms with Gasteiger partial charge in [0.15, 0.2) is 0 Å². The molecular weight excluding hydrogens is 334 g/mol. The quantitative estimate of drug-likeness (QED) is 0.788. The van der Waals surface area contributed by atoms with E-state index in [1.807, 2.05) is 0 Å². The highest BCUT2D eigenvalue weighted by Gasteiger charge is 2.20. The summed E-state index contributed by atoms with van der Waals surface area (Å²) in [4.78, 5) is 24.9. The molecule has 0 unspecified atom stereocenters. The van der Waals surface area contributed by atoms with Gasteiger partial charge in [0, 0.05) is 22.5 Å². The van der Waals surface area contributed by atoms with Gasteiger partial charge in [-0.15, -0.1) is 0 Å². The number of rotatable bonds is 4. The number of carbonyl (C=O) groups is 2. The van der Waals surface area contributed by atoms with Crippen LogP contribution < -0.4 is 0 Å². The number of esters is 1. The first kappa shape index (κ1) is 14.3. The lowest BCUT2D eigenvalue weighted by atomic mass is 10.2. The normalized spacial score (nSPS) is 14.8. The number of carbonyl (C=O) groups excluding carboxylic acids is 2. The molecule has 1 heterocycles. The predicted octanol–water partition coefficient (Wildman–Crippen LogP) is 2.88. The van der Waals surface area contributed by atoms with Crippen LogP contribution in [0.2, 0.25) is 5.02 Å². The summed E-state index contributed by atoms with van der Waals surface area (Å²) in [6.07, 6.45) is 1.48. The number of nitrogens with zero attached hydrogens (tertiary/aromatic N) is 1. The summed E-state index contributed by atoms with van der Waals surface area (Å²) in [6.45, 7) is 1.41. The van der Waals surface area contributed by atoms with Crippen LogP contribution in [0.4, 0.5) is 0 Å². The van der Waals surface area contributed by atoms with Crippen LogP contribution in [0.1, 0.15) is 23.2 Å². The van der Waals surface area contributed by atoms with Crippen LogP contribution in [-0.2, 0) is 9.53 Å². The average molecular weight is 347 g/mol. The largest absolute Gasteiger partial charge is 0.460 e. The lowest BCUT2D eigenvalue weighted by Crippen LogP contribution is -2.29. The van der Waals surface area contributed by atoms with Gasteiger partial charge < -0.3 is 9.64 Å². The lowest BCUT2D eigenvalue weighted by Gasteiger charge is -2.15. The number of ether oxygens (including phenoxy) is 1. The highest BCUT2D eigenvalue weighted by atomic mass is 79.9. The molecule has 1 aromatic carbocycles. The molecular formula is C13H13BrClNO3. The van der Waals surface area contributed by atoms with Crippen LogP contribution in [0.15, 0.2) is 22.7 Å². The minimum atomic E-state index is -0.421. The molecule has 4 nitrogen and oxygen atoms in total. The topological polar surface area (TPSA) is 46.6 Å². The van der Waals surface area contributed by atoms with Crippen LogP contribution in [-0.4, -0.2) is 36.5 Å². The third kappa shape index (κ3) is 3.70. The van der Waals surface area contributed by atoms with E-state index >= 15 is 0 Å². The van der Waals surface area contributed by atoms with Crippen molar-refractivity contribution in [2.45, 2.75) is 12.8 Å². The molecule has 0 bridgehead atoms. The highest BCUT2D eigenvalue weighted by Crippen LogP contribution is 2.22. The number of halogens is 2. The molecule has 2 rings (SSSR count). The third-order valence-electron chi connectivity index (χ3n) is 2.92. The van der Waals surface area contributed by atoms with E-state index in [1.54, 1.807) is 23.1 Å². The summed E-state index contributed by atoms with van der Waals surface area (Å²) in [5, 5.41) is 0.547. The summed E-state index contributed by atoms with van der Waals surface area (Å²) in [5.74, 6) is -0.293. The molecule has 0 aliphatic carbocycles. The molecule has 1 amide bonds. The van der Waals surface area contributed by atoms with Crippen molar-refractivity contribution >= 4 is 39.4 Å². The first-order valence-electron chi connectivity index (χ1n) is 5.98. The molecule has 1 saturated heterocycles. The highest BCUT2D eigenvalue weighted by molar-refractivity contribution is 9.10. The Morgan fingerprint density at radius 1 is 1.47 bits per heavy atom. The van der Waals surface area contributed by atoms with Crippen LogP contribution >= 0.6 is 27.5 Å². The van der Waals surface area contributed by atoms with E-state index in [0.717, 1.165) is 13.0 Å². The van der Waals surface area contributed by atoms with Gasteiger partial charge in [0.25, 0.3) is 0 Å². The number of amides is 1. The minimum Gasteiger partial charge on any atom is -0.460 e. The van der Waals surface area contributed by atoms with Crippen molar-refractivity contribution in [1.82, 2.24) is 4.90 Å². The Morgan fingerprint density at radius 3 is 2.89 bits per heavy atom. The number of hydrogen-bond donors (Lipinski definition) is 0. The van der Waals surface area contributed by atoms with E-state index in [1.165, 1.54) is 0 Å². The third-order valence-corrected chi connectivity index (χ3v) is 3.81. The minimum absolute atomic E-state index is 0.128. The van der Waals surface area contributed by atoms with Crippen LogP contribution in [0, 0.1) is 0 Å². The molecule has 1 fully saturated rings. The van der Waals surface area contributed by atoms with Crippen LogP contribution in [0.5, 0.6) is 0 Å². The molecule has 1 aliphatic heterocycles. The van der Waals surface area contributed by atoms with Crippen molar-refractivity contribution in [2.75, 3.05) is 19.7 Å². The number of likely N-dealkylation sites (tertiary alicyclic amines) is 1. The zero-order valence-electron chi connectivity index (χ0n) is 10.2. The second-order valence-electron chi connectivity index (χ2n) is 4.24. The Balaban J connectivity index is 1.85. The Bertz CT molecular complexity index is 507. The number of benzene rings is 1. The molecule has 6 heteroatoms. The van der Waals surface area contributed by atoms with Crippen LogP contribution in [0.3, 0.4) is 0 Å². The summed E-state index contributed by atoms with van der Waals surface area (Å²) in [7, 11) is 0. The van der Waals surface area contributed by atoms with Crippen molar-refractivity contribution in [3.05, 3.63) is 33.3 Å². The fraction of sp³-hybridized carbons (Fsp3) is 0.385. The molecule has 0 radical (unpaired) electrons. The zero-order chi connectivity index (χ0) is 13.8. The summed E-state index contributed by atoms with van der Waals surface area (Å²) >= 11 is 9.07. The molecule has 19 heavy (non-hydrogen) atoms. The van der Waals surface area contributed by atoms with E-state index in [-0.39, 0.29) is 12.5 Å². The smallest absolute Gasteiger partial charge is 0.339 e. The van der Waals surface area contributed by atoms with E-state index < -0.39 is 5.97 Å². The van der Waals surface area contributed by atoms with Crippen molar-refractivity contribution in [3.8, 4) is 0 Å². The lowest BCUT2D eigenvalue weighted by molar-refractivity contribution is -0.128. The van der Waals surface area contributed by atoms with E-state index in [0.29, 0.717) is 28.0 Å². The fourth-order valence-electron chi connectivity index (χ4n) is 1.92. The van der Waals surface area contributed by atoms with Gasteiger partial charge >= 0.3 is 5.97 Å². The van der Waals surface area contributed by atoms with Crippen molar-refractivity contribution in [3.63, 3.8) is 0 Å². The summed E-state index contributed by atoms with van der Waals surface area (Å²) < 4.78 is 5.75. The van der Waals surface area contributed by atoms with Crippen molar-refractivity contribution < 1.29 is 14.3 Å². The van der Waals surface area contributed by atoms with Crippen molar-refractivity contribution in [1.29, 1.82) is 0 Å². The van der Waals surface area contributed by atoms with Gasteiger partial charge in [0.1, 0.15) is 6.61 Å². The fourth-order valence-corrected chi connectivity index (χ4v) is 2.77. The Kier molecular flexibility index (Phi) is 4.82. The van der Waals surface area contributed by atoms with E-state index in [4.69, 9.17) is 16.3 Å². The molecule has 102 valence electrons.